The topological polar surface area (TPSA) is 270 Å². The number of nitrogens with one attached hydrogen (secondary N) is 3. The molecule has 12 amide bonds. The molecule has 1 aromatic rings. The smallest absolute Gasteiger partial charge is 0.266 e. The molecule has 0 aromatic heterocycles. The molecule has 4 heterocycles. The Hall–Kier alpha value is -7.35. The van der Waals surface area contributed by atoms with Crippen LogP contribution in [0.5, 0.6) is 0 Å². The second kappa shape index (κ2) is 35.2. The minimum atomic E-state index is -3.10. The quantitative estimate of drug-likeness (QED) is 0.219. The molecule has 4 aliphatic heterocycles. The summed E-state index contributed by atoms with van der Waals surface area (Å²) in [6.45, 7) is 9.28. The van der Waals surface area contributed by atoms with Gasteiger partial charge in [0.1, 0.15) is 65.7 Å². The van der Waals surface area contributed by atoms with Crippen molar-refractivity contribution in [2.45, 2.75) is 261 Å². The molecule has 0 unspecified atom stereocenters. The highest BCUT2D eigenvalue weighted by Crippen LogP contribution is 2.38. The lowest BCUT2D eigenvalue weighted by atomic mass is 9.84. The first kappa shape index (κ1) is 79.4. The maximum Gasteiger partial charge on any atom is 0.266 e. The molecule has 1 aromatic carbocycles. The van der Waals surface area contributed by atoms with E-state index in [0.717, 1.165) is 68.4 Å². The van der Waals surface area contributed by atoms with Crippen LogP contribution < -0.4 is 16.0 Å². The van der Waals surface area contributed by atoms with Crippen LogP contribution >= 0.6 is 0 Å². The number of piperidine rings is 1. The lowest BCUT2D eigenvalue weighted by molar-refractivity contribution is -0.160. The average molecular weight is 1420 g/mol. The van der Waals surface area contributed by atoms with Gasteiger partial charge < -0.3 is 60.0 Å². The van der Waals surface area contributed by atoms with Gasteiger partial charge in [0.25, 0.3) is 6.43 Å². The van der Waals surface area contributed by atoms with Gasteiger partial charge in [-0.3, -0.25) is 57.5 Å². The number of hydrogen-bond donors (Lipinski definition) is 3. The fourth-order valence-corrected chi connectivity index (χ4v) is 16.5. The van der Waals surface area contributed by atoms with Crippen molar-refractivity contribution in [1.29, 1.82) is 0 Å². The van der Waals surface area contributed by atoms with Crippen LogP contribution in [0.15, 0.2) is 18.2 Å². The van der Waals surface area contributed by atoms with E-state index in [-0.39, 0.29) is 87.8 Å². The number of carbonyl (C=O) groups excluding carboxylic acids is 12. The highest BCUT2D eigenvalue weighted by Gasteiger charge is 2.52. The van der Waals surface area contributed by atoms with Gasteiger partial charge >= 0.3 is 0 Å². The molecule has 101 heavy (non-hydrogen) atoms. The van der Waals surface area contributed by atoms with E-state index >= 15 is 33.2 Å². The second-order valence-corrected chi connectivity index (χ2v) is 30.6. The fraction of sp³-hybridized carbons (Fsp3) is 0.757. The molecule has 1 spiro atoms. The molecule has 7 aliphatic rings. The summed E-state index contributed by atoms with van der Waals surface area (Å²) >= 11 is 0. The van der Waals surface area contributed by atoms with E-state index in [1.165, 1.54) is 89.6 Å². The number of hydrogen-bond acceptors (Lipinski definition) is 12. The molecular formula is C74H113F3N12O12. The van der Waals surface area contributed by atoms with E-state index in [4.69, 9.17) is 0 Å². The number of benzene rings is 1. The number of likely N-dealkylation sites (N-methyl/N-ethyl adjacent to an activating group) is 6. The Bertz CT molecular complexity index is 3170. The molecular weight excluding hydrogens is 1310 g/mol. The zero-order valence-corrected chi connectivity index (χ0v) is 61.6. The van der Waals surface area contributed by atoms with Crippen molar-refractivity contribution >= 4 is 70.9 Å². The van der Waals surface area contributed by atoms with Gasteiger partial charge in [-0.15, -0.1) is 0 Å². The van der Waals surface area contributed by atoms with Crippen LogP contribution in [0.3, 0.4) is 0 Å². The van der Waals surface area contributed by atoms with Crippen molar-refractivity contribution in [1.82, 2.24) is 60.0 Å². The number of alkyl halides is 2. The Morgan fingerprint density at radius 2 is 1.25 bits per heavy atom. The Labute approximate surface area is 594 Å². The van der Waals surface area contributed by atoms with Gasteiger partial charge in [0.05, 0.1) is 18.5 Å². The molecule has 3 N–H and O–H groups in total. The van der Waals surface area contributed by atoms with Gasteiger partial charge in [-0.2, -0.15) is 0 Å². The summed E-state index contributed by atoms with van der Waals surface area (Å²) in [4.78, 5) is 193. The summed E-state index contributed by atoms with van der Waals surface area (Å²) in [6.07, 6.45) is 8.27. The van der Waals surface area contributed by atoms with Gasteiger partial charge in [0.2, 0.25) is 70.9 Å². The summed E-state index contributed by atoms with van der Waals surface area (Å²) in [7, 11) is 8.78. The van der Waals surface area contributed by atoms with Crippen LogP contribution in [-0.2, 0) is 64.0 Å². The van der Waals surface area contributed by atoms with Crippen molar-refractivity contribution < 1.29 is 70.7 Å². The van der Waals surface area contributed by atoms with E-state index in [0.29, 0.717) is 64.5 Å². The third-order valence-electron chi connectivity index (χ3n) is 23.3. The molecule has 8 rings (SSSR count). The van der Waals surface area contributed by atoms with Gasteiger partial charge in [-0.25, -0.2) is 13.2 Å². The third kappa shape index (κ3) is 18.5. The summed E-state index contributed by atoms with van der Waals surface area (Å²) in [5, 5.41) is 8.82. The van der Waals surface area contributed by atoms with E-state index < -0.39 is 167 Å². The van der Waals surface area contributed by atoms with Crippen LogP contribution in [0.25, 0.3) is 0 Å². The van der Waals surface area contributed by atoms with Crippen molar-refractivity contribution in [2.75, 3.05) is 75.0 Å². The van der Waals surface area contributed by atoms with Crippen LogP contribution in [0.4, 0.5) is 13.2 Å². The zero-order chi connectivity index (χ0) is 73.9. The number of aryl methyl sites for hydroxylation is 1. The molecule has 3 aliphatic carbocycles. The van der Waals surface area contributed by atoms with Crippen LogP contribution in [-0.4, -0.2) is 250 Å². The third-order valence-corrected chi connectivity index (χ3v) is 23.3. The van der Waals surface area contributed by atoms with Crippen LogP contribution in [0.1, 0.15) is 206 Å². The predicted octanol–water partition coefficient (Wildman–Crippen LogP) is 5.97. The van der Waals surface area contributed by atoms with Crippen LogP contribution in [0.2, 0.25) is 0 Å². The first-order valence-electron chi connectivity index (χ1n) is 37.4. The Kier molecular flexibility index (Phi) is 27.7. The number of likely N-dealkylation sites (tertiary alicyclic amines) is 1. The van der Waals surface area contributed by atoms with Gasteiger partial charge in [-0.1, -0.05) is 104 Å². The number of amides is 12. The van der Waals surface area contributed by atoms with Crippen molar-refractivity contribution in [2.24, 2.45) is 23.7 Å². The summed E-state index contributed by atoms with van der Waals surface area (Å²) in [6, 6.07) is -7.63. The molecule has 0 bridgehead atoms. The summed E-state index contributed by atoms with van der Waals surface area (Å²) < 4.78 is 42.6. The maximum absolute atomic E-state index is 15.7. The SMILES string of the molecule is CC[C@H](C)[C@@H]1NC(=O)[C@H](CC(C)C)N(C)C(=O)C[C@@H](C(=O)N2CCCCC2)N(C)C(=O)[C@H](C2CCCC2)N(C)C(=O)C2(CCCC2)NC(=O)[C@@H]2CCCN2C(=O)[C@H](CCc2ccc(C(F)F)c(F)c2)NC(=O)CN(C)C(=O)[C@H](CC2CCCCC2)N(C)C(=O)[C@@H]2CCN2C(=O)[C@H](C)N(C)C1=O. The molecule has 3 saturated carbocycles. The largest absolute Gasteiger partial charge is 0.343 e. The fourth-order valence-electron chi connectivity index (χ4n) is 16.5. The van der Waals surface area contributed by atoms with Gasteiger partial charge in [-0.05, 0) is 132 Å². The Morgan fingerprint density at radius 1 is 0.614 bits per heavy atom. The lowest BCUT2D eigenvalue weighted by Crippen LogP contribution is -2.65. The summed E-state index contributed by atoms with van der Waals surface area (Å²) in [5.74, 6) is -9.53. The summed E-state index contributed by atoms with van der Waals surface area (Å²) in [5.41, 5.74) is -2.14. The number of carbonyl (C=O) groups is 12. The molecule has 10 atom stereocenters. The standard InChI is InChI=1S/C74H113F3N12O12/c1-12-46(4)61-71(99)82(7)47(5)66(94)89-39-33-55(89)69(97)84(9)57(42-48-24-15-13-16-25-48)68(96)81(6)44-59(90)78-53(32-30-49-29-31-51(63(76)77)52(75)41-49)67(95)88-38-23-28-54(88)65(93)80-74(34-19-20-35-74)73(101)86(11)62(50-26-17-18-27-50)72(100)85(10)58(70(98)87-36-21-14-22-37-87)43-60(91)83(8)56(40-45(2)3)64(92)79-61/h29,31,41,45-48,50,53-58,61-63H,12-28,30,32-40,42-44H2,1-11H3,(H,78,90)(H,79,92)(H,80,93)/t46-,47-,53-,54-,55-,56-,57-,58-,61-,62-/m0/s1. The highest BCUT2D eigenvalue weighted by atomic mass is 19.3. The highest BCUT2D eigenvalue weighted by molar-refractivity contribution is 6.01. The first-order valence-corrected chi connectivity index (χ1v) is 37.4. The van der Waals surface area contributed by atoms with E-state index in [1.807, 2.05) is 20.8 Å². The van der Waals surface area contributed by atoms with Crippen molar-refractivity contribution in [3.8, 4) is 0 Å². The minimum absolute atomic E-state index is 0.0301. The second-order valence-electron chi connectivity index (χ2n) is 30.6. The number of nitrogens with zero attached hydrogens (tertiary/aromatic N) is 9. The van der Waals surface area contributed by atoms with Gasteiger partial charge in [0.15, 0.2) is 0 Å². The van der Waals surface area contributed by atoms with Crippen LogP contribution in [0, 0.1) is 29.5 Å². The van der Waals surface area contributed by atoms with Gasteiger partial charge in [0, 0.05) is 68.5 Å². The lowest BCUT2D eigenvalue weighted by Gasteiger charge is -2.45. The Balaban J connectivity index is 1.18. The van der Waals surface area contributed by atoms with E-state index in [9.17, 15) is 37.5 Å². The molecule has 4 saturated heterocycles. The first-order chi connectivity index (χ1) is 47.9. The monoisotopic (exact) mass is 1420 g/mol. The minimum Gasteiger partial charge on any atom is -0.343 e. The number of fused-ring (bicyclic) bond motifs is 2. The number of rotatable bonds is 12. The van der Waals surface area contributed by atoms with E-state index in [2.05, 4.69) is 16.0 Å². The average Bonchev–Trinajstić information content (AvgIpc) is 1.39. The van der Waals surface area contributed by atoms with E-state index in [1.54, 1.807) is 11.8 Å². The molecule has 27 heteroatoms. The normalized spacial score (nSPS) is 28.5. The zero-order valence-electron chi connectivity index (χ0n) is 61.6. The maximum atomic E-state index is 15.7. The van der Waals surface area contributed by atoms with Crippen molar-refractivity contribution in [3.05, 3.63) is 35.1 Å². The molecule has 24 nitrogen and oxygen atoms in total. The number of halogens is 3. The molecule has 0 radical (unpaired) electrons. The predicted molar refractivity (Wildman–Crippen MR) is 371 cm³/mol. The molecule has 7 fully saturated rings. The molecule has 562 valence electrons. The Morgan fingerprint density at radius 3 is 1.85 bits per heavy atom. The van der Waals surface area contributed by atoms with Crippen molar-refractivity contribution in [3.63, 3.8) is 0 Å².